The molecule has 1 aromatic carbocycles. The number of nitrogens with one attached hydrogen (secondary N) is 3. The summed E-state index contributed by atoms with van der Waals surface area (Å²) in [7, 11) is -3.71. The molecule has 0 radical (unpaired) electrons. The molecule has 11 heteroatoms. The molecule has 2 amide bonds. The van der Waals surface area contributed by atoms with Crippen molar-refractivity contribution in [3.63, 3.8) is 0 Å². The number of aromatic nitrogens is 1. The third-order valence-corrected chi connectivity index (χ3v) is 7.17. The molecule has 2 aromatic rings. The third-order valence-electron chi connectivity index (χ3n) is 5.39. The summed E-state index contributed by atoms with van der Waals surface area (Å²) in [6.45, 7) is 6.41. The van der Waals surface area contributed by atoms with Gasteiger partial charge in [0.1, 0.15) is 6.04 Å². The summed E-state index contributed by atoms with van der Waals surface area (Å²) in [5, 5.41) is 5.47. The van der Waals surface area contributed by atoms with Crippen molar-refractivity contribution in [2.75, 3.05) is 18.5 Å². The number of amides is 2. The number of ether oxygens (including phenoxy) is 1. The number of carbonyl (C=O) groups is 2. The van der Waals surface area contributed by atoms with Gasteiger partial charge < -0.3 is 15.4 Å². The molecule has 1 aliphatic rings. The van der Waals surface area contributed by atoms with Gasteiger partial charge in [-0.25, -0.2) is 18.1 Å². The average molecular weight is 507 g/mol. The van der Waals surface area contributed by atoms with Gasteiger partial charge in [0, 0.05) is 30.6 Å². The van der Waals surface area contributed by atoms with Crippen molar-refractivity contribution in [3.05, 3.63) is 54.1 Å². The first-order valence-corrected chi connectivity index (χ1v) is 12.9. The van der Waals surface area contributed by atoms with Crippen LogP contribution < -0.4 is 15.4 Å². The Morgan fingerprint density at radius 1 is 1.11 bits per heavy atom. The number of nitrogens with zero attached hydrogens (tertiary/aromatic N) is 1. The number of halogens is 1. The summed E-state index contributed by atoms with van der Waals surface area (Å²) >= 11 is 0. The van der Waals surface area contributed by atoms with E-state index in [0.717, 1.165) is 25.1 Å². The predicted octanol–water partition coefficient (Wildman–Crippen LogP) is 2.85. The Morgan fingerprint density at radius 3 is 2.34 bits per heavy atom. The standard InChI is InChI=1S/C24H31FN4O5S/c1-24(2,3)29-35(32,33)19-7-5-18(6-8-19)27-23(31)20(14-16-10-12-34-13-11-16)28-22(30)17-4-9-21(25)26-15-17/h4-9,15-16,20,29H,10-14H2,1-3H3,(H,27,31)(H,28,30)/t20-/m0/s1. The maximum absolute atomic E-state index is 13.1. The van der Waals surface area contributed by atoms with Crippen LogP contribution in [-0.2, 0) is 19.6 Å². The molecule has 190 valence electrons. The molecule has 1 atom stereocenters. The summed E-state index contributed by atoms with van der Waals surface area (Å²) in [5.41, 5.74) is -0.113. The summed E-state index contributed by atoms with van der Waals surface area (Å²) in [6, 6.07) is 7.30. The molecule has 3 N–H and O–H groups in total. The lowest BCUT2D eigenvalue weighted by Crippen LogP contribution is -2.45. The fraction of sp³-hybridized carbons (Fsp3) is 0.458. The minimum absolute atomic E-state index is 0.0706. The first-order chi connectivity index (χ1) is 16.4. The second-order valence-corrected chi connectivity index (χ2v) is 11.2. The Hall–Kier alpha value is -2.89. The molecule has 1 fully saturated rings. The average Bonchev–Trinajstić information content (AvgIpc) is 2.78. The van der Waals surface area contributed by atoms with Crippen molar-refractivity contribution in [1.82, 2.24) is 15.0 Å². The summed E-state index contributed by atoms with van der Waals surface area (Å²) in [5.74, 6) is -1.51. The normalized spacial score (nSPS) is 15.9. The van der Waals surface area contributed by atoms with Gasteiger partial charge in [0.25, 0.3) is 5.91 Å². The Labute approximate surface area is 204 Å². The number of sulfonamides is 1. The van der Waals surface area contributed by atoms with Crippen molar-refractivity contribution in [2.24, 2.45) is 5.92 Å². The molecule has 0 unspecified atom stereocenters. The fourth-order valence-electron chi connectivity index (χ4n) is 3.71. The van der Waals surface area contributed by atoms with Gasteiger partial charge in [-0.05, 0) is 82.3 Å². The van der Waals surface area contributed by atoms with Crippen molar-refractivity contribution in [1.29, 1.82) is 0 Å². The minimum Gasteiger partial charge on any atom is -0.381 e. The van der Waals surface area contributed by atoms with E-state index in [9.17, 15) is 22.4 Å². The van der Waals surface area contributed by atoms with Crippen LogP contribution in [0.15, 0.2) is 47.5 Å². The summed E-state index contributed by atoms with van der Waals surface area (Å²) < 4.78 is 46.1. The van der Waals surface area contributed by atoms with Gasteiger partial charge in [-0.2, -0.15) is 4.39 Å². The van der Waals surface area contributed by atoms with Crippen LogP contribution in [0.4, 0.5) is 10.1 Å². The number of pyridine rings is 1. The number of rotatable bonds is 8. The number of benzene rings is 1. The Bertz CT molecular complexity index is 1130. The number of hydrogen-bond donors (Lipinski definition) is 3. The van der Waals surface area contributed by atoms with Crippen molar-refractivity contribution >= 4 is 27.5 Å². The van der Waals surface area contributed by atoms with Gasteiger partial charge in [-0.3, -0.25) is 9.59 Å². The molecule has 2 heterocycles. The molecule has 0 bridgehead atoms. The SMILES string of the molecule is CC(C)(C)NS(=O)(=O)c1ccc(NC(=O)[C@H](CC2CCOCC2)NC(=O)c2ccc(F)nc2)cc1. The number of anilines is 1. The molecular weight excluding hydrogens is 475 g/mol. The molecule has 0 saturated carbocycles. The topological polar surface area (TPSA) is 126 Å². The molecule has 3 rings (SSSR count). The van der Waals surface area contributed by atoms with Crippen LogP contribution in [-0.4, -0.2) is 50.0 Å². The van der Waals surface area contributed by atoms with Gasteiger partial charge in [0.05, 0.1) is 10.5 Å². The predicted molar refractivity (Wildman–Crippen MR) is 129 cm³/mol. The molecule has 35 heavy (non-hydrogen) atoms. The smallest absolute Gasteiger partial charge is 0.253 e. The van der Waals surface area contributed by atoms with E-state index in [0.29, 0.717) is 25.3 Å². The van der Waals surface area contributed by atoms with Crippen LogP contribution in [0, 0.1) is 11.9 Å². The summed E-state index contributed by atoms with van der Waals surface area (Å²) in [4.78, 5) is 29.4. The van der Waals surface area contributed by atoms with E-state index in [4.69, 9.17) is 4.74 Å². The Kier molecular flexibility index (Phi) is 8.57. The van der Waals surface area contributed by atoms with E-state index in [1.165, 1.54) is 30.3 Å². The van der Waals surface area contributed by atoms with Crippen LogP contribution in [0.25, 0.3) is 0 Å². The van der Waals surface area contributed by atoms with Crippen LogP contribution in [0.1, 0.15) is 50.4 Å². The van der Waals surface area contributed by atoms with E-state index < -0.39 is 39.4 Å². The monoisotopic (exact) mass is 506 g/mol. The van der Waals surface area contributed by atoms with E-state index >= 15 is 0 Å². The molecule has 1 saturated heterocycles. The van der Waals surface area contributed by atoms with Gasteiger partial charge in [-0.1, -0.05) is 0 Å². The van der Waals surface area contributed by atoms with E-state index in [1.54, 1.807) is 20.8 Å². The zero-order valence-electron chi connectivity index (χ0n) is 20.0. The van der Waals surface area contributed by atoms with Gasteiger partial charge >= 0.3 is 0 Å². The van der Waals surface area contributed by atoms with Crippen molar-refractivity contribution in [2.45, 2.75) is 56.5 Å². The molecule has 0 aliphatic carbocycles. The van der Waals surface area contributed by atoms with Crippen LogP contribution >= 0.6 is 0 Å². The molecule has 9 nitrogen and oxygen atoms in total. The minimum atomic E-state index is -3.71. The molecule has 1 aromatic heterocycles. The maximum atomic E-state index is 13.1. The number of carbonyl (C=O) groups excluding carboxylic acids is 2. The first-order valence-electron chi connectivity index (χ1n) is 11.4. The fourth-order valence-corrected chi connectivity index (χ4v) is 5.13. The molecule has 0 spiro atoms. The van der Waals surface area contributed by atoms with E-state index in [-0.39, 0.29) is 16.4 Å². The largest absolute Gasteiger partial charge is 0.381 e. The third kappa shape index (κ3) is 8.08. The molecule has 1 aliphatic heterocycles. The number of hydrogen-bond acceptors (Lipinski definition) is 6. The van der Waals surface area contributed by atoms with Gasteiger partial charge in [0.15, 0.2) is 0 Å². The van der Waals surface area contributed by atoms with Gasteiger partial charge in [0.2, 0.25) is 21.9 Å². The lowest BCUT2D eigenvalue weighted by atomic mass is 9.92. The summed E-state index contributed by atoms with van der Waals surface area (Å²) in [6.07, 6.45) is 3.05. The quantitative estimate of drug-likeness (QED) is 0.473. The lowest BCUT2D eigenvalue weighted by molar-refractivity contribution is -0.118. The highest BCUT2D eigenvalue weighted by atomic mass is 32.2. The molecular formula is C24H31FN4O5S. The lowest BCUT2D eigenvalue weighted by Gasteiger charge is -2.27. The van der Waals surface area contributed by atoms with Gasteiger partial charge in [-0.15, -0.1) is 0 Å². The van der Waals surface area contributed by atoms with Crippen LogP contribution in [0.5, 0.6) is 0 Å². The highest BCUT2D eigenvalue weighted by Crippen LogP contribution is 2.22. The zero-order valence-corrected chi connectivity index (χ0v) is 20.8. The second-order valence-electron chi connectivity index (χ2n) is 9.56. The zero-order chi connectivity index (χ0) is 25.6. The second kappa shape index (κ2) is 11.2. The van der Waals surface area contributed by atoms with Crippen LogP contribution in [0.2, 0.25) is 0 Å². The highest BCUT2D eigenvalue weighted by Gasteiger charge is 2.27. The van der Waals surface area contributed by atoms with Crippen LogP contribution in [0.3, 0.4) is 0 Å². The first kappa shape index (κ1) is 26.7. The van der Waals surface area contributed by atoms with E-state index in [1.807, 2.05) is 0 Å². The Morgan fingerprint density at radius 2 is 1.77 bits per heavy atom. The van der Waals surface area contributed by atoms with Crippen molar-refractivity contribution < 1.29 is 27.1 Å². The maximum Gasteiger partial charge on any atom is 0.253 e. The highest BCUT2D eigenvalue weighted by molar-refractivity contribution is 7.89. The van der Waals surface area contributed by atoms with E-state index in [2.05, 4.69) is 20.3 Å². The van der Waals surface area contributed by atoms with Crippen molar-refractivity contribution in [3.8, 4) is 0 Å². The Balaban J connectivity index is 1.72.